The van der Waals surface area contributed by atoms with Crippen molar-refractivity contribution < 1.29 is 9.59 Å². The summed E-state index contributed by atoms with van der Waals surface area (Å²) in [6.45, 7) is 1.83. The molecular formula is C22H24N4O2. The van der Waals surface area contributed by atoms with Crippen LogP contribution in [0, 0.1) is 5.41 Å². The quantitative estimate of drug-likeness (QED) is 0.812. The summed E-state index contributed by atoms with van der Waals surface area (Å²) in [4.78, 5) is 28.7. The maximum absolute atomic E-state index is 13.6. The molecule has 2 N–H and O–H groups in total. The number of carbonyl (C=O) groups excluding carboxylic acids is 2. The minimum atomic E-state index is -1.09. The molecule has 6 heteroatoms. The number of rotatable bonds is 6. The second-order valence-corrected chi connectivity index (χ2v) is 7.25. The van der Waals surface area contributed by atoms with Gasteiger partial charge in [0.25, 0.3) is 5.91 Å². The number of hydrogen-bond donors (Lipinski definition) is 2. The predicted octanol–water partition coefficient (Wildman–Crippen LogP) is 2.31. The van der Waals surface area contributed by atoms with Gasteiger partial charge in [-0.1, -0.05) is 60.7 Å². The minimum Gasteiger partial charge on any atom is -0.343 e. The van der Waals surface area contributed by atoms with Gasteiger partial charge in [-0.25, -0.2) is 0 Å². The zero-order valence-corrected chi connectivity index (χ0v) is 15.7. The Kier molecular flexibility index (Phi) is 4.86. The van der Waals surface area contributed by atoms with Crippen molar-refractivity contribution >= 4 is 17.8 Å². The van der Waals surface area contributed by atoms with Crippen LogP contribution < -0.4 is 5.32 Å². The fourth-order valence-electron chi connectivity index (χ4n) is 4.11. The van der Waals surface area contributed by atoms with Gasteiger partial charge < -0.3 is 10.2 Å². The van der Waals surface area contributed by atoms with Crippen LogP contribution in [-0.2, 0) is 15.1 Å². The van der Waals surface area contributed by atoms with Gasteiger partial charge in [-0.05, 0) is 24.0 Å². The number of nitrogens with zero attached hydrogens (tertiary/aromatic N) is 2. The minimum absolute atomic E-state index is 0.102. The zero-order chi connectivity index (χ0) is 19.6. The van der Waals surface area contributed by atoms with E-state index < -0.39 is 5.54 Å². The Bertz CT molecular complexity index is 842. The van der Waals surface area contributed by atoms with E-state index in [1.54, 1.807) is 0 Å². The van der Waals surface area contributed by atoms with Crippen LogP contribution in [0.25, 0.3) is 0 Å². The number of carbonyl (C=O) groups is 2. The smallest absolute Gasteiger partial charge is 0.264 e. The molecule has 28 heavy (non-hydrogen) atoms. The van der Waals surface area contributed by atoms with E-state index in [2.05, 4.69) is 5.32 Å². The third kappa shape index (κ3) is 3.05. The molecule has 6 nitrogen and oxygen atoms in total. The highest BCUT2D eigenvalue weighted by atomic mass is 16.2. The summed E-state index contributed by atoms with van der Waals surface area (Å²) >= 11 is 0. The first-order valence-electron chi connectivity index (χ1n) is 9.70. The van der Waals surface area contributed by atoms with Gasteiger partial charge in [0.2, 0.25) is 5.91 Å². The van der Waals surface area contributed by atoms with Crippen molar-refractivity contribution in [3.8, 4) is 0 Å². The molecule has 0 unspecified atom stereocenters. The van der Waals surface area contributed by atoms with Crippen molar-refractivity contribution in [2.75, 3.05) is 19.6 Å². The van der Waals surface area contributed by atoms with Crippen LogP contribution in [0.1, 0.15) is 30.4 Å². The molecule has 0 spiro atoms. The van der Waals surface area contributed by atoms with E-state index in [1.807, 2.05) is 65.6 Å². The zero-order valence-electron chi connectivity index (χ0n) is 15.7. The Morgan fingerprint density at radius 3 is 2.07 bits per heavy atom. The molecule has 0 radical (unpaired) electrons. The molecule has 2 aliphatic rings. The van der Waals surface area contributed by atoms with E-state index in [1.165, 1.54) is 4.90 Å². The third-order valence-electron chi connectivity index (χ3n) is 5.54. The monoisotopic (exact) mass is 376 g/mol. The largest absolute Gasteiger partial charge is 0.343 e. The standard InChI is InChI=1S/C22H24N4O2/c23-21-24-22(17-9-3-1-4-10-17,18-11-5-2-6-12-18)20(28)26(21)16-8-15-25-14-7-13-19(25)27/h1-6,9-12H,7-8,13-16H2,(H2,23,24). The highest BCUT2D eigenvalue weighted by Gasteiger charge is 2.51. The average Bonchev–Trinajstić information content (AvgIpc) is 3.25. The first kappa shape index (κ1) is 18.2. The van der Waals surface area contributed by atoms with Gasteiger partial charge in [-0.3, -0.25) is 19.9 Å². The van der Waals surface area contributed by atoms with Crippen molar-refractivity contribution in [2.45, 2.75) is 24.8 Å². The summed E-state index contributed by atoms with van der Waals surface area (Å²) in [5, 5.41) is 11.6. The molecular weight excluding hydrogens is 352 g/mol. The van der Waals surface area contributed by atoms with E-state index in [4.69, 9.17) is 5.41 Å². The van der Waals surface area contributed by atoms with Gasteiger partial charge in [-0.15, -0.1) is 0 Å². The van der Waals surface area contributed by atoms with E-state index in [9.17, 15) is 9.59 Å². The molecule has 2 fully saturated rings. The van der Waals surface area contributed by atoms with Crippen LogP contribution in [0.15, 0.2) is 60.7 Å². The number of likely N-dealkylation sites (tertiary alicyclic amines) is 1. The first-order chi connectivity index (χ1) is 13.6. The lowest BCUT2D eigenvalue weighted by Crippen LogP contribution is -2.45. The molecule has 0 aliphatic carbocycles. The molecule has 4 rings (SSSR count). The lowest BCUT2D eigenvalue weighted by Gasteiger charge is -2.28. The second-order valence-electron chi connectivity index (χ2n) is 7.25. The summed E-state index contributed by atoms with van der Waals surface area (Å²) in [6, 6.07) is 19.1. The van der Waals surface area contributed by atoms with Gasteiger partial charge >= 0.3 is 0 Å². The summed E-state index contributed by atoms with van der Waals surface area (Å²) < 4.78 is 0. The number of amides is 2. The normalized spacial score (nSPS) is 18.6. The molecule has 0 aromatic heterocycles. The highest BCUT2D eigenvalue weighted by Crippen LogP contribution is 2.35. The lowest BCUT2D eigenvalue weighted by atomic mass is 9.82. The first-order valence-corrected chi connectivity index (χ1v) is 9.70. The summed E-state index contributed by atoms with van der Waals surface area (Å²) in [5.41, 5.74) is 0.532. The molecule has 0 atom stereocenters. The molecule has 2 amide bonds. The Labute approximate surface area is 164 Å². The fraction of sp³-hybridized carbons (Fsp3) is 0.318. The van der Waals surface area contributed by atoms with Crippen LogP contribution in [0.5, 0.6) is 0 Å². The fourth-order valence-corrected chi connectivity index (χ4v) is 4.11. The van der Waals surface area contributed by atoms with Crippen molar-refractivity contribution in [1.29, 1.82) is 5.41 Å². The molecule has 2 heterocycles. The van der Waals surface area contributed by atoms with E-state index in [-0.39, 0.29) is 17.8 Å². The van der Waals surface area contributed by atoms with Crippen LogP contribution >= 0.6 is 0 Å². The Morgan fingerprint density at radius 1 is 0.929 bits per heavy atom. The van der Waals surface area contributed by atoms with Crippen molar-refractivity contribution in [1.82, 2.24) is 15.1 Å². The SMILES string of the molecule is N=C1NC(c2ccccc2)(c2ccccc2)C(=O)N1CCCN1CCCC1=O. The van der Waals surface area contributed by atoms with E-state index >= 15 is 0 Å². The molecule has 144 valence electrons. The van der Waals surface area contributed by atoms with Gasteiger partial charge in [0.15, 0.2) is 11.5 Å². The number of nitrogens with one attached hydrogen (secondary N) is 2. The molecule has 2 aliphatic heterocycles. The molecule has 2 aromatic carbocycles. The third-order valence-corrected chi connectivity index (χ3v) is 5.54. The number of benzene rings is 2. The molecule has 2 saturated heterocycles. The molecule has 0 bridgehead atoms. The predicted molar refractivity (Wildman–Crippen MR) is 107 cm³/mol. The van der Waals surface area contributed by atoms with Crippen LogP contribution in [0.3, 0.4) is 0 Å². The van der Waals surface area contributed by atoms with Gasteiger partial charge in [0.05, 0.1) is 0 Å². The van der Waals surface area contributed by atoms with Crippen LogP contribution in [-0.4, -0.2) is 47.2 Å². The summed E-state index contributed by atoms with van der Waals surface area (Å²) in [5.74, 6) is 0.136. The highest BCUT2D eigenvalue weighted by molar-refractivity contribution is 6.10. The van der Waals surface area contributed by atoms with E-state index in [0.717, 1.165) is 24.1 Å². The lowest BCUT2D eigenvalue weighted by molar-refractivity contribution is -0.130. The molecule has 2 aromatic rings. The van der Waals surface area contributed by atoms with Gasteiger partial charge in [0, 0.05) is 26.1 Å². The van der Waals surface area contributed by atoms with Crippen molar-refractivity contribution in [3.05, 3.63) is 71.8 Å². The van der Waals surface area contributed by atoms with Crippen LogP contribution in [0.4, 0.5) is 0 Å². The average molecular weight is 376 g/mol. The maximum Gasteiger partial charge on any atom is 0.264 e. The van der Waals surface area contributed by atoms with Crippen molar-refractivity contribution in [2.24, 2.45) is 0 Å². The Morgan fingerprint density at radius 2 is 1.54 bits per heavy atom. The number of guanidine groups is 1. The number of hydrogen-bond acceptors (Lipinski definition) is 3. The van der Waals surface area contributed by atoms with E-state index in [0.29, 0.717) is 25.9 Å². The van der Waals surface area contributed by atoms with Crippen LogP contribution in [0.2, 0.25) is 0 Å². The summed E-state index contributed by atoms with van der Waals surface area (Å²) in [6.07, 6.45) is 2.18. The molecule has 0 saturated carbocycles. The Balaban J connectivity index is 1.59. The topological polar surface area (TPSA) is 76.5 Å². The summed E-state index contributed by atoms with van der Waals surface area (Å²) in [7, 11) is 0. The maximum atomic E-state index is 13.6. The second kappa shape index (κ2) is 7.46. The van der Waals surface area contributed by atoms with Gasteiger partial charge in [-0.2, -0.15) is 0 Å². The van der Waals surface area contributed by atoms with Gasteiger partial charge in [0.1, 0.15) is 0 Å². The Hall–Kier alpha value is -3.15. The van der Waals surface area contributed by atoms with Crippen molar-refractivity contribution in [3.63, 3.8) is 0 Å².